The van der Waals surface area contributed by atoms with Gasteiger partial charge in [-0.15, -0.1) is 0 Å². The van der Waals surface area contributed by atoms with Gasteiger partial charge < -0.3 is 30.0 Å². The highest BCUT2D eigenvalue weighted by molar-refractivity contribution is 9.10. The van der Waals surface area contributed by atoms with Crippen molar-refractivity contribution in [2.45, 2.75) is 6.54 Å². The van der Waals surface area contributed by atoms with Crippen molar-refractivity contribution in [2.75, 3.05) is 26.7 Å². The average Bonchev–Trinajstić information content (AvgIpc) is 2.73. The lowest BCUT2D eigenvalue weighted by molar-refractivity contribution is -0.129. The summed E-state index contributed by atoms with van der Waals surface area (Å²) in [6, 6.07) is 7.52. The zero-order chi connectivity index (χ0) is 22.7. The van der Waals surface area contributed by atoms with Gasteiger partial charge in [-0.05, 0) is 51.8 Å². The zero-order valence-corrected chi connectivity index (χ0v) is 18.8. The van der Waals surface area contributed by atoms with Crippen molar-refractivity contribution in [3.8, 4) is 22.8 Å². The lowest BCUT2D eigenvalue weighted by atomic mass is 10.1. The number of carbonyl (C=O) groups is 1. The van der Waals surface area contributed by atoms with Crippen molar-refractivity contribution in [2.24, 2.45) is 0 Å². The largest absolute Gasteiger partial charge is 0.506 e. The molecule has 1 amide bonds. The van der Waals surface area contributed by atoms with Crippen molar-refractivity contribution >= 4 is 44.4 Å². The molecule has 10 heteroatoms. The summed E-state index contributed by atoms with van der Waals surface area (Å²) in [6.45, 7) is 0.490. The molecule has 2 aromatic carbocycles. The molecule has 0 fully saturated rings. The number of aliphatic hydroxyl groups is 1. The smallest absolute Gasteiger partial charge is 0.236 e. The number of hydrogen-bond acceptors (Lipinski definition) is 7. The Morgan fingerprint density at radius 2 is 2.00 bits per heavy atom. The molecule has 0 saturated heterocycles. The highest BCUT2D eigenvalue weighted by Crippen LogP contribution is 2.36. The summed E-state index contributed by atoms with van der Waals surface area (Å²) in [5, 5.41) is 32.1. The average molecular weight is 512 g/mol. The predicted octanol–water partition coefficient (Wildman–Crippen LogP) is 2.83. The Bertz CT molecular complexity index is 1200. The number of phenolic OH excluding ortho intramolecular Hbond substituents is 1. The fourth-order valence-electron chi connectivity index (χ4n) is 2.97. The number of benzene rings is 2. The number of aliphatic hydroxyl groups excluding tert-OH is 1. The molecular formula is C21H20BrClN2O6. The number of aromatic hydroxyl groups is 2. The summed E-state index contributed by atoms with van der Waals surface area (Å²) < 4.78 is 6.29. The Morgan fingerprint density at radius 3 is 2.68 bits per heavy atom. The summed E-state index contributed by atoms with van der Waals surface area (Å²) in [7, 11) is 1.60. The minimum atomic E-state index is -0.623. The maximum absolute atomic E-state index is 12.8. The second kappa shape index (κ2) is 9.69. The highest BCUT2D eigenvalue weighted by Gasteiger charge is 2.19. The molecule has 1 aromatic heterocycles. The van der Waals surface area contributed by atoms with Crippen LogP contribution in [0.2, 0.25) is 5.02 Å². The van der Waals surface area contributed by atoms with Gasteiger partial charge in [0, 0.05) is 25.7 Å². The lowest BCUT2D eigenvalue weighted by Gasteiger charge is -2.16. The molecule has 0 radical (unpaired) electrons. The first kappa shape index (κ1) is 23.1. The third-order valence-corrected chi connectivity index (χ3v) is 5.55. The van der Waals surface area contributed by atoms with Gasteiger partial charge in [-0.25, -0.2) is 0 Å². The summed E-state index contributed by atoms with van der Waals surface area (Å²) >= 11 is 9.32. The molecule has 164 valence electrons. The Balaban J connectivity index is 1.90. The van der Waals surface area contributed by atoms with Gasteiger partial charge in [0.1, 0.15) is 5.75 Å². The number of likely N-dealkylation sites (N-methyl/N-ethyl adjacent to an activating group) is 1. The first-order valence-electron chi connectivity index (χ1n) is 9.25. The van der Waals surface area contributed by atoms with Crippen LogP contribution >= 0.6 is 27.5 Å². The van der Waals surface area contributed by atoms with Gasteiger partial charge in [-0.3, -0.25) is 9.59 Å². The number of amides is 1. The Morgan fingerprint density at radius 1 is 1.26 bits per heavy atom. The van der Waals surface area contributed by atoms with Gasteiger partial charge in [-0.1, -0.05) is 11.6 Å². The van der Waals surface area contributed by atoms with Crippen molar-refractivity contribution in [1.82, 2.24) is 10.2 Å². The summed E-state index contributed by atoms with van der Waals surface area (Å²) in [5.74, 6) is -0.953. The number of fused-ring (bicyclic) bond motifs is 1. The fraction of sp³-hybridized carbons (Fsp3) is 0.238. The van der Waals surface area contributed by atoms with Gasteiger partial charge in [0.05, 0.1) is 28.0 Å². The zero-order valence-electron chi connectivity index (χ0n) is 16.5. The van der Waals surface area contributed by atoms with Crippen molar-refractivity contribution in [3.05, 3.63) is 55.6 Å². The van der Waals surface area contributed by atoms with Crippen LogP contribution in [0.25, 0.3) is 22.3 Å². The van der Waals surface area contributed by atoms with Gasteiger partial charge in [0.15, 0.2) is 11.3 Å². The van der Waals surface area contributed by atoms with E-state index in [4.69, 9.17) is 21.1 Å². The van der Waals surface area contributed by atoms with Crippen LogP contribution in [0.1, 0.15) is 5.56 Å². The van der Waals surface area contributed by atoms with Crippen molar-refractivity contribution < 1.29 is 24.5 Å². The van der Waals surface area contributed by atoms with Crippen LogP contribution in [-0.2, 0) is 11.3 Å². The van der Waals surface area contributed by atoms with Crippen molar-refractivity contribution in [1.29, 1.82) is 0 Å². The van der Waals surface area contributed by atoms with E-state index in [2.05, 4.69) is 21.2 Å². The van der Waals surface area contributed by atoms with E-state index in [9.17, 15) is 19.8 Å². The number of halogens is 2. The Kier molecular flexibility index (Phi) is 7.22. The quantitative estimate of drug-likeness (QED) is 0.385. The number of rotatable bonds is 7. The molecule has 0 atom stereocenters. The molecule has 0 aliphatic rings. The van der Waals surface area contributed by atoms with Crippen LogP contribution < -0.4 is 10.7 Å². The molecule has 0 spiro atoms. The van der Waals surface area contributed by atoms with Crippen LogP contribution in [0.4, 0.5) is 0 Å². The molecule has 0 saturated carbocycles. The number of carbonyl (C=O) groups excluding carboxylic acids is 1. The predicted molar refractivity (Wildman–Crippen MR) is 120 cm³/mol. The van der Waals surface area contributed by atoms with E-state index in [-0.39, 0.29) is 53.1 Å². The van der Waals surface area contributed by atoms with Gasteiger partial charge >= 0.3 is 0 Å². The van der Waals surface area contributed by atoms with E-state index in [0.29, 0.717) is 22.1 Å². The third kappa shape index (κ3) is 5.01. The van der Waals surface area contributed by atoms with E-state index in [1.54, 1.807) is 19.2 Å². The molecule has 0 bridgehead atoms. The monoisotopic (exact) mass is 510 g/mol. The Hall–Kier alpha value is -2.59. The Labute approximate surface area is 190 Å². The molecular weight excluding hydrogens is 492 g/mol. The van der Waals surface area contributed by atoms with E-state index in [0.717, 1.165) is 0 Å². The summed E-state index contributed by atoms with van der Waals surface area (Å²) in [4.78, 5) is 26.2. The molecule has 0 aliphatic heterocycles. The lowest BCUT2D eigenvalue weighted by Crippen LogP contribution is -2.36. The van der Waals surface area contributed by atoms with Gasteiger partial charge in [-0.2, -0.15) is 0 Å². The molecule has 0 aliphatic carbocycles. The van der Waals surface area contributed by atoms with E-state index in [1.165, 1.54) is 23.1 Å². The van der Waals surface area contributed by atoms with Crippen LogP contribution in [0.5, 0.6) is 11.5 Å². The second-order valence-electron chi connectivity index (χ2n) is 6.87. The minimum Gasteiger partial charge on any atom is -0.506 e. The number of nitrogens with one attached hydrogen (secondary N) is 1. The number of hydrogen-bond donors (Lipinski definition) is 4. The fourth-order valence-corrected chi connectivity index (χ4v) is 3.74. The summed E-state index contributed by atoms with van der Waals surface area (Å²) in [5.41, 5.74) is 0.651. The van der Waals surface area contributed by atoms with Crippen LogP contribution in [0.3, 0.4) is 0 Å². The number of nitrogens with zero attached hydrogens (tertiary/aromatic N) is 1. The van der Waals surface area contributed by atoms with Crippen LogP contribution in [0.15, 0.2) is 44.0 Å². The van der Waals surface area contributed by atoms with E-state index in [1.807, 2.05) is 0 Å². The first-order chi connectivity index (χ1) is 14.7. The molecule has 4 N–H and O–H groups in total. The topological polar surface area (TPSA) is 123 Å². The normalized spacial score (nSPS) is 11.1. The highest BCUT2D eigenvalue weighted by atomic mass is 79.9. The van der Waals surface area contributed by atoms with Crippen LogP contribution in [-0.4, -0.2) is 52.9 Å². The van der Waals surface area contributed by atoms with Crippen molar-refractivity contribution in [3.63, 3.8) is 0 Å². The van der Waals surface area contributed by atoms with E-state index < -0.39 is 11.2 Å². The van der Waals surface area contributed by atoms with Gasteiger partial charge in [0.2, 0.25) is 17.1 Å². The molecule has 3 aromatic rings. The number of phenols is 1. The molecule has 3 rings (SSSR count). The maximum Gasteiger partial charge on any atom is 0.236 e. The molecule has 0 unspecified atom stereocenters. The third-order valence-electron chi connectivity index (χ3n) is 4.66. The maximum atomic E-state index is 12.8. The summed E-state index contributed by atoms with van der Waals surface area (Å²) in [6.07, 6.45) is 0. The van der Waals surface area contributed by atoms with Gasteiger partial charge in [0.25, 0.3) is 0 Å². The molecule has 8 nitrogen and oxygen atoms in total. The van der Waals surface area contributed by atoms with Crippen LogP contribution in [0, 0.1) is 0 Å². The standard InChI is InChI=1S/C21H20BrClN2O6/c1-25(4-5-26)17(28)10-24-9-11-6-13-18(29)19(30)20(31-21(13)14(22)7-11)12-2-3-16(27)15(23)8-12/h2-3,6-8,24,26-27,30H,4-5,9-10H2,1H3. The molecule has 1 heterocycles. The van der Waals surface area contributed by atoms with E-state index >= 15 is 0 Å². The molecule has 31 heavy (non-hydrogen) atoms. The second-order valence-corrected chi connectivity index (χ2v) is 8.13. The minimum absolute atomic E-state index is 0.0549. The first-order valence-corrected chi connectivity index (χ1v) is 10.4. The SMILES string of the molecule is CN(CCO)C(=O)CNCc1cc(Br)c2oc(-c3ccc(O)c(Cl)c3)c(O)c(=O)c2c1.